The van der Waals surface area contributed by atoms with Crippen LogP contribution in [-0.2, 0) is 36.0 Å². The molecule has 51 heavy (non-hydrogen) atoms. The van der Waals surface area contributed by atoms with Crippen LogP contribution in [0.3, 0.4) is 0 Å². The third kappa shape index (κ3) is 14.4. The number of aromatic nitrogens is 8. The molecule has 288 valence electrons. The Labute approximate surface area is 299 Å². The molecule has 0 bridgehead atoms. The summed E-state index contributed by atoms with van der Waals surface area (Å²) in [6.07, 6.45) is 2.71. The average Bonchev–Trinajstić information content (AvgIpc) is 3.70. The Morgan fingerprint density at radius 1 is 0.647 bits per heavy atom. The molecule has 21 heteroatoms. The summed E-state index contributed by atoms with van der Waals surface area (Å²) in [5.74, 6) is 0.440. The summed E-state index contributed by atoms with van der Waals surface area (Å²) in [7, 11) is -9.20. The van der Waals surface area contributed by atoms with E-state index in [9.17, 15) is 18.9 Å². The van der Waals surface area contributed by atoms with Gasteiger partial charge in [-0.1, -0.05) is 41.5 Å². The van der Waals surface area contributed by atoms with E-state index < -0.39 is 40.1 Å². The van der Waals surface area contributed by atoms with E-state index >= 15 is 0 Å². The second-order valence-corrected chi connectivity index (χ2v) is 15.2. The monoisotopic (exact) mass is 758 g/mol. The number of hydrogen-bond donors (Lipinski definition) is 4. The van der Waals surface area contributed by atoms with Crippen molar-refractivity contribution < 1.29 is 32.7 Å². The summed E-state index contributed by atoms with van der Waals surface area (Å²) in [5, 5.41) is 0. The first-order chi connectivity index (χ1) is 24.1. The lowest BCUT2D eigenvalue weighted by Gasteiger charge is -2.21. The van der Waals surface area contributed by atoms with Gasteiger partial charge in [0, 0.05) is 0 Å². The molecule has 0 radical (unpaired) electrons. The lowest BCUT2D eigenvalue weighted by molar-refractivity contribution is 0.0695. The fourth-order valence-electron chi connectivity index (χ4n) is 4.76. The van der Waals surface area contributed by atoms with Crippen LogP contribution in [0.5, 0.6) is 0 Å². The predicted octanol–water partition coefficient (Wildman–Crippen LogP) is 3.64. The Bertz CT molecular complexity index is 1570. The smallest absolute Gasteiger partial charge is 0.360 e. The number of nitrogen functional groups attached to an aromatic ring is 2. The zero-order valence-electron chi connectivity index (χ0n) is 31.0. The minimum Gasteiger partial charge on any atom is -0.382 e. The highest BCUT2D eigenvalue weighted by atomic mass is 31.3. The summed E-state index contributed by atoms with van der Waals surface area (Å²) in [4.78, 5) is 49.1. The third-order valence-corrected chi connectivity index (χ3v) is 10.7. The van der Waals surface area contributed by atoms with Gasteiger partial charge in [-0.3, -0.25) is 9.13 Å². The standard InChI is InChI=1S/C18H26N10O7P2.2C6H15N/c1-11(3-27-7-25-13-15(19)21-5-23-17(13)27)33-9-36(29,30)35-37(31,32)10-34-12(2)4-28-8-26-14-16(20)22-6-24-18(14)28;2*1-4-7(5-2)6-3/h5-8,11-12H,3-4,9-10H2,1-2H3,(H,29,30)(H,31,32)(H2,19,21,23)(H2,20,22,24);2*4-6H2,1-3H3/t11-,12-;;/m1../s1. The van der Waals surface area contributed by atoms with Crippen LogP contribution in [0.1, 0.15) is 55.4 Å². The van der Waals surface area contributed by atoms with E-state index in [1.807, 2.05) is 0 Å². The van der Waals surface area contributed by atoms with Crippen molar-refractivity contribution in [2.24, 2.45) is 0 Å². The van der Waals surface area contributed by atoms with Gasteiger partial charge >= 0.3 is 15.2 Å². The molecule has 0 aliphatic carbocycles. The minimum absolute atomic E-state index is 0.212. The molecular formula is C30H56N12O7P2. The normalized spacial score (nSPS) is 15.1. The first kappa shape index (κ1) is 44.0. The van der Waals surface area contributed by atoms with Crippen LogP contribution in [0.4, 0.5) is 11.6 Å². The quantitative estimate of drug-likeness (QED) is 0.106. The molecule has 0 spiro atoms. The van der Waals surface area contributed by atoms with Crippen LogP contribution in [0.2, 0.25) is 0 Å². The summed E-state index contributed by atoms with van der Waals surface area (Å²) >= 11 is 0. The van der Waals surface area contributed by atoms with E-state index in [4.69, 9.17) is 20.9 Å². The molecule has 4 rings (SSSR count). The largest absolute Gasteiger partial charge is 0.382 e. The topological polar surface area (TPSA) is 248 Å². The van der Waals surface area contributed by atoms with Gasteiger partial charge in [-0.25, -0.2) is 34.2 Å². The van der Waals surface area contributed by atoms with E-state index in [-0.39, 0.29) is 24.7 Å². The number of ether oxygens (including phenoxy) is 2. The van der Waals surface area contributed by atoms with Gasteiger partial charge in [0.1, 0.15) is 36.4 Å². The number of anilines is 2. The maximum absolute atomic E-state index is 12.4. The van der Waals surface area contributed by atoms with Crippen molar-refractivity contribution >= 4 is 49.2 Å². The molecule has 6 N–H and O–H groups in total. The van der Waals surface area contributed by atoms with Crippen LogP contribution in [0.15, 0.2) is 25.3 Å². The highest BCUT2D eigenvalue weighted by Gasteiger charge is 2.34. The fraction of sp³-hybridized carbons (Fsp3) is 0.667. The van der Waals surface area contributed by atoms with Gasteiger partial charge in [-0.15, -0.1) is 0 Å². The highest BCUT2D eigenvalue weighted by molar-refractivity contribution is 7.66. The molecular weight excluding hydrogens is 702 g/mol. The zero-order chi connectivity index (χ0) is 38.2. The average molecular weight is 759 g/mol. The van der Waals surface area contributed by atoms with Gasteiger partial charge in [-0.05, 0) is 53.1 Å². The maximum atomic E-state index is 12.4. The van der Waals surface area contributed by atoms with Crippen LogP contribution < -0.4 is 11.5 Å². The molecule has 0 saturated carbocycles. The molecule has 4 aromatic heterocycles. The van der Waals surface area contributed by atoms with Gasteiger partial charge in [0.25, 0.3) is 0 Å². The Morgan fingerprint density at radius 2 is 0.980 bits per heavy atom. The summed E-state index contributed by atoms with van der Waals surface area (Å²) in [6, 6.07) is 0. The zero-order valence-corrected chi connectivity index (χ0v) is 32.8. The van der Waals surface area contributed by atoms with E-state index in [1.165, 1.54) is 64.6 Å². The second-order valence-electron chi connectivity index (χ2n) is 11.5. The van der Waals surface area contributed by atoms with Gasteiger partial charge in [0.2, 0.25) is 0 Å². The minimum atomic E-state index is -4.60. The van der Waals surface area contributed by atoms with Crippen molar-refractivity contribution in [2.75, 3.05) is 63.4 Å². The van der Waals surface area contributed by atoms with E-state index in [0.29, 0.717) is 22.3 Å². The lowest BCUT2D eigenvalue weighted by Crippen LogP contribution is -2.21. The Balaban J connectivity index is 0.000000543. The predicted molar refractivity (Wildman–Crippen MR) is 198 cm³/mol. The second kappa shape index (κ2) is 21.4. The maximum Gasteiger partial charge on any atom is 0.360 e. The van der Waals surface area contributed by atoms with Crippen LogP contribution in [0.25, 0.3) is 22.3 Å². The number of imidazole rings is 2. The number of fused-ring (bicyclic) bond motifs is 2. The van der Waals surface area contributed by atoms with E-state index in [1.54, 1.807) is 23.0 Å². The van der Waals surface area contributed by atoms with Crippen LogP contribution >= 0.6 is 15.2 Å². The molecule has 4 heterocycles. The molecule has 19 nitrogen and oxygen atoms in total. The van der Waals surface area contributed by atoms with Crippen molar-refractivity contribution in [1.29, 1.82) is 0 Å². The molecule has 4 atom stereocenters. The highest BCUT2D eigenvalue weighted by Crippen LogP contribution is 2.59. The van der Waals surface area contributed by atoms with Crippen molar-refractivity contribution in [3.05, 3.63) is 25.3 Å². The molecule has 0 aromatic carbocycles. The molecule has 0 amide bonds. The summed E-state index contributed by atoms with van der Waals surface area (Å²) in [5.41, 5.74) is 13.3. The Kier molecular flexibility index (Phi) is 18.5. The Morgan fingerprint density at radius 3 is 1.27 bits per heavy atom. The van der Waals surface area contributed by atoms with Crippen LogP contribution in [0, 0.1) is 0 Å². The first-order valence-electron chi connectivity index (χ1n) is 17.0. The fourth-order valence-corrected chi connectivity index (χ4v) is 7.61. The Hall–Kier alpha value is -3.12. The molecule has 2 unspecified atom stereocenters. The molecule has 0 saturated heterocycles. The third-order valence-electron chi connectivity index (χ3n) is 7.75. The lowest BCUT2D eigenvalue weighted by atomic mass is 10.4. The molecule has 0 aliphatic heterocycles. The number of rotatable bonds is 18. The number of nitrogens with zero attached hydrogens (tertiary/aromatic N) is 10. The molecule has 0 fully saturated rings. The van der Waals surface area contributed by atoms with Gasteiger partial charge in [0.15, 0.2) is 22.9 Å². The summed E-state index contributed by atoms with van der Waals surface area (Å²) in [6.45, 7) is 23.9. The van der Waals surface area contributed by atoms with Crippen LogP contribution in [-0.4, -0.2) is 123 Å². The number of nitrogens with two attached hydrogens (primary N) is 2. The van der Waals surface area contributed by atoms with Crippen molar-refractivity contribution in [1.82, 2.24) is 48.8 Å². The van der Waals surface area contributed by atoms with Gasteiger partial charge < -0.3 is 49.7 Å². The first-order valence-corrected chi connectivity index (χ1v) is 20.5. The molecule has 0 aliphatic rings. The van der Waals surface area contributed by atoms with Gasteiger partial charge in [-0.2, -0.15) is 0 Å². The van der Waals surface area contributed by atoms with Crippen molar-refractivity contribution in [3.8, 4) is 0 Å². The van der Waals surface area contributed by atoms with E-state index in [0.717, 1.165) is 0 Å². The van der Waals surface area contributed by atoms with Gasteiger partial charge in [0.05, 0.1) is 38.0 Å². The number of hydrogen-bond acceptors (Lipinski definition) is 15. The van der Waals surface area contributed by atoms with E-state index in [2.05, 4.69) is 85.6 Å². The summed E-state index contributed by atoms with van der Waals surface area (Å²) < 4.78 is 43.5. The SMILES string of the molecule is CCN(CC)CC.CCN(CC)CC.C[C@H](Cn1cnc2c(N)ncnc21)OCP(=O)(O)OP(=O)(O)CO[C@H](C)Cn1cnc2c(N)ncnc21. The van der Waals surface area contributed by atoms with Crippen molar-refractivity contribution in [2.45, 2.75) is 80.7 Å². The van der Waals surface area contributed by atoms with Crippen molar-refractivity contribution in [3.63, 3.8) is 0 Å². The molecule has 4 aromatic rings.